The van der Waals surface area contributed by atoms with Crippen LogP contribution in [0.5, 0.6) is 0 Å². The van der Waals surface area contributed by atoms with Crippen molar-refractivity contribution in [2.45, 2.75) is 6.42 Å². The third kappa shape index (κ3) is 3.49. The van der Waals surface area contributed by atoms with Gasteiger partial charge < -0.3 is 9.64 Å². The molecular formula is C16H20ClN3O. The van der Waals surface area contributed by atoms with Gasteiger partial charge in [-0.3, -0.25) is 4.90 Å². The van der Waals surface area contributed by atoms with Gasteiger partial charge in [0, 0.05) is 38.4 Å². The third-order valence-corrected chi connectivity index (χ3v) is 4.66. The van der Waals surface area contributed by atoms with Crippen molar-refractivity contribution in [3.05, 3.63) is 28.8 Å². The van der Waals surface area contributed by atoms with Gasteiger partial charge >= 0.3 is 0 Å². The van der Waals surface area contributed by atoms with Crippen LogP contribution in [0.2, 0.25) is 5.02 Å². The minimum absolute atomic E-state index is 0.546. The maximum absolute atomic E-state index is 8.94. The molecule has 0 N–H and O–H groups in total. The van der Waals surface area contributed by atoms with Crippen LogP contribution in [-0.4, -0.2) is 50.8 Å². The van der Waals surface area contributed by atoms with E-state index in [1.807, 2.05) is 18.2 Å². The van der Waals surface area contributed by atoms with E-state index in [9.17, 15) is 0 Å². The Morgan fingerprint density at radius 3 is 2.81 bits per heavy atom. The number of ether oxygens (including phenoxy) is 1. The van der Waals surface area contributed by atoms with Crippen molar-refractivity contribution in [3.63, 3.8) is 0 Å². The predicted octanol–water partition coefficient (Wildman–Crippen LogP) is 2.37. The Labute approximate surface area is 130 Å². The van der Waals surface area contributed by atoms with E-state index in [2.05, 4.69) is 15.9 Å². The van der Waals surface area contributed by atoms with Crippen LogP contribution in [0.15, 0.2) is 18.2 Å². The summed E-state index contributed by atoms with van der Waals surface area (Å²) in [6, 6.07) is 7.83. The molecule has 0 spiro atoms. The monoisotopic (exact) mass is 305 g/mol. The second-order valence-electron chi connectivity index (χ2n) is 5.79. The van der Waals surface area contributed by atoms with E-state index in [4.69, 9.17) is 21.6 Å². The molecule has 0 amide bonds. The Kier molecular flexibility index (Phi) is 4.64. The molecule has 0 saturated carbocycles. The summed E-state index contributed by atoms with van der Waals surface area (Å²) in [6.45, 7) is 7.13. The van der Waals surface area contributed by atoms with Crippen LogP contribution in [-0.2, 0) is 4.74 Å². The van der Waals surface area contributed by atoms with Crippen LogP contribution in [0.4, 0.5) is 5.69 Å². The van der Waals surface area contributed by atoms with Gasteiger partial charge in [0.15, 0.2) is 0 Å². The minimum atomic E-state index is 0.546. The Bertz CT molecular complexity index is 537. The van der Waals surface area contributed by atoms with Crippen molar-refractivity contribution >= 4 is 17.3 Å². The predicted molar refractivity (Wildman–Crippen MR) is 83.7 cm³/mol. The maximum Gasteiger partial charge on any atom is 0.101 e. The number of nitriles is 1. The van der Waals surface area contributed by atoms with Gasteiger partial charge in [-0.15, -0.1) is 0 Å². The highest BCUT2D eigenvalue weighted by atomic mass is 35.5. The molecule has 2 heterocycles. The Hall–Kier alpha value is -1.28. The summed E-state index contributed by atoms with van der Waals surface area (Å²) in [5.41, 5.74) is 1.67. The lowest BCUT2D eigenvalue weighted by Gasteiger charge is -2.29. The summed E-state index contributed by atoms with van der Waals surface area (Å²) >= 11 is 6.13. The van der Waals surface area contributed by atoms with Gasteiger partial charge in [-0.2, -0.15) is 5.26 Å². The fourth-order valence-electron chi connectivity index (χ4n) is 3.16. The van der Waals surface area contributed by atoms with Crippen LogP contribution >= 0.6 is 11.6 Å². The van der Waals surface area contributed by atoms with Crippen molar-refractivity contribution in [3.8, 4) is 6.07 Å². The van der Waals surface area contributed by atoms with E-state index in [0.717, 1.165) is 51.6 Å². The van der Waals surface area contributed by atoms with Gasteiger partial charge in [-0.25, -0.2) is 0 Å². The van der Waals surface area contributed by atoms with Gasteiger partial charge in [0.05, 0.1) is 23.8 Å². The third-order valence-electron chi connectivity index (χ3n) is 4.34. The van der Waals surface area contributed by atoms with E-state index in [0.29, 0.717) is 16.5 Å². The molecule has 1 aromatic carbocycles. The summed E-state index contributed by atoms with van der Waals surface area (Å²) in [5.74, 6) is 0.706. The minimum Gasteiger partial charge on any atom is -0.379 e. The van der Waals surface area contributed by atoms with Gasteiger partial charge in [-0.1, -0.05) is 11.6 Å². The summed E-state index contributed by atoms with van der Waals surface area (Å²) < 4.78 is 5.40. The molecule has 21 heavy (non-hydrogen) atoms. The largest absolute Gasteiger partial charge is 0.379 e. The average molecular weight is 306 g/mol. The van der Waals surface area contributed by atoms with Crippen LogP contribution in [0.1, 0.15) is 12.0 Å². The molecule has 0 unspecified atom stereocenters. The van der Waals surface area contributed by atoms with Crippen molar-refractivity contribution in [1.82, 2.24) is 4.90 Å². The highest BCUT2D eigenvalue weighted by Gasteiger charge is 2.25. The smallest absolute Gasteiger partial charge is 0.101 e. The molecule has 2 fully saturated rings. The zero-order valence-corrected chi connectivity index (χ0v) is 12.9. The summed E-state index contributed by atoms with van der Waals surface area (Å²) in [4.78, 5) is 4.88. The second kappa shape index (κ2) is 6.65. The topological polar surface area (TPSA) is 39.5 Å². The van der Waals surface area contributed by atoms with E-state index in [1.165, 1.54) is 6.42 Å². The first kappa shape index (κ1) is 14.6. The van der Waals surface area contributed by atoms with Crippen molar-refractivity contribution in [2.24, 2.45) is 5.92 Å². The zero-order chi connectivity index (χ0) is 14.7. The first-order valence-corrected chi connectivity index (χ1v) is 7.89. The number of halogens is 1. The second-order valence-corrected chi connectivity index (χ2v) is 6.20. The molecule has 0 aromatic heterocycles. The molecule has 112 valence electrons. The molecule has 1 atom stereocenters. The van der Waals surface area contributed by atoms with Crippen molar-refractivity contribution < 1.29 is 4.74 Å². The molecule has 3 rings (SSSR count). The fourth-order valence-corrected chi connectivity index (χ4v) is 3.37. The maximum atomic E-state index is 8.94. The SMILES string of the molecule is N#Cc1ccc(N2CC[C@H](CN3CCOCC3)C2)cc1Cl. The highest BCUT2D eigenvalue weighted by Crippen LogP contribution is 2.28. The normalized spacial score (nSPS) is 23.2. The van der Waals surface area contributed by atoms with E-state index < -0.39 is 0 Å². The van der Waals surface area contributed by atoms with E-state index in [1.54, 1.807) is 0 Å². The van der Waals surface area contributed by atoms with Crippen LogP contribution in [0.3, 0.4) is 0 Å². The standard InChI is InChI=1S/C16H20ClN3O/c17-16-9-15(2-1-14(16)10-18)20-4-3-13(12-20)11-19-5-7-21-8-6-19/h1-2,9,13H,3-8,11-12H2/t13-/m1/s1. The molecule has 2 aliphatic heterocycles. The van der Waals surface area contributed by atoms with Crippen molar-refractivity contribution in [1.29, 1.82) is 5.26 Å². The van der Waals surface area contributed by atoms with Gasteiger partial charge in [0.25, 0.3) is 0 Å². The van der Waals surface area contributed by atoms with Crippen LogP contribution in [0, 0.1) is 17.2 Å². The number of anilines is 1. The lowest BCUT2D eigenvalue weighted by Crippen LogP contribution is -2.39. The number of hydrogen-bond acceptors (Lipinski definition) is 4. The Morgan fingerprint density at radius 2 is 2.10 bits per heavy atom. The van der Waals surface area contributed by atoms with Gasteiger partial charge in [0.1, 0.15) is 6.07 Å². The zero-order valence-electron chi connectivity index (χ0n) is 12.1. The molecule has 0 aliphatic carbocycles. The highest BCUT2D eigenvalue weighted by molar-refractivity contribution is 6.32. The quantitative estimate of drug-likeness (QED) is 0.859. The Morgan fingerprint density at radius 1 is 1.29 bits per heavy atom. The number of nitrogens with zero attached hydrogens (tertiary/aromatic N) is 3. The number of benzene rings is 1. The van der Waals surface area contributed by atoms with Crippen LogP contribution < -0.4 is 4.90 Å². The van der Waals surface area contributed by atoms with Crippen molar-refractivity contribution in [2.75, 3.05) is 50.8 Å². The van der Waals surface area contributed by atoms with Gasteiger partial charge in [0.2, 0.25) is 0 Å². The average Bonchev–Trinajstić information content (AvgIpc) is 2.97. The van der Waals surface area contributed by atoms with Gasteiger partial charge in [-0.05, 0) is 30.5 Å². The number of rotatable bonds is 3. The summed E-state index contributed by atoms with van der Waals surface area (Å²) in [6.07, 6.45) is 1.22. The fraction of sp³-hybridized carbons (Fsp3) is 0.562. The van der Waals surface area contributed by atoms with Crippen LogP contribution in [0.25, 0.3) is 0 Å². The number of hydrogen-bond donors (Lipinski definition) is 0. The molecular weight excluding hydrogens is 286 g/mol. The Balaban J connectivity index is 1.59. The number of morpholine rings is 1. The first-order valence-electron chi connectivity index (χ1n) is 7.51. The molecule has 1 aromatic rings. The molecule has 0 bridgehead atoms. The summed E-state index contributed by atoms with van der Waals surface area (Å²) in [7, 11) is 0. The lowest BCUT2D eigenvalue weighted by molar-refractivity contribution is 0.0320. The molecule has 4 nitrogen and oxygen atoms in total. The van der Waals surface area contributed by atoms with E-state index >= 15 is 0 Å². The molecule has 5 heteroatoms. The molecule has 2 aliphatic rings. The molecule has 0 radical (unpaired) electrons. The summed E-state index contributed by atoms with van der Waals surface area (Å²) in [5, 5.41) is 9.48. The van der Waals surface area contributed by atoms with E-state index in [-0.39, 0.29) is 0 Å². The molecule has 2 saturated heterocycles. The lowest BCUT2D eigenvalue weighted by atomic mass is 10.1. The first-order chi connectivity index (χ1) is 10.3.